The van der Waals surface area contributed by atoms with Gasteiger partial charge in [0, 0.05) is 18.1 Å². The molecule has 31 heavy (non-hydrogen) atoms. The van der Waals surface area contributed by atoms with Gasteiger partial charge in [0.25, 0.3) is 5.91 Å². The zero-order valence-corrected chi connectivity index (χ0v) is 15.6. The number of nitrogens with zero attached hydrogens (tertiary/aromatic N) is 2. The SMILES string of the molecule is N#Cc1ccc(Nc2ccc(C(F)(F)F)cc2NC(=O)c2cnccc2C(=O)O)cc1. The largest absolute Gasteiger partial charge is 0.478 e. The molecule has 0 unspecified atom stereocenters. The molecule has 0 aliphatic rings. The lowest BCUT2D eigenvalue weighted by molar-refractivity contribution is -0.137. The Morgan fingerprint density at radius 3 is 2.32 bits per heavy atom. The molecule has 1 aromatic heterocycles. The van der Waals surface area contributed by atoms with Crippen LogP contribution in [0.15, 0.2) is 60.9 Å². The summed E-state index contributed by atoms with van der Waals surface area (Å²) in [5, 5.41) is 23.3. The molecule has 7 nitrogen and oxygen atoms in total. The normalized spacial score (nSPS) is 10.8. The summed E-state index contributed by atoms with van der Waals surface area (Å²) >= 11 is 0. The molecule has 0 saturated heterocycles. The lowest BCUT2D eigenvalue weighted by Crippen LogP contribution is -2.18. The molecule has 10 heteroatoms. The number of benzene rings is 2. The maximum atomic E-state index is 13.2. The fourth-order valence-corrected chi connectivity index (χ4v) is 2.67. The maximum Gasteiger partial charge on any atom is 0.416 e. The summed E-state index contributed by atoms with van der Waals surface area (Å²) in [6, 6.07) is 11.9. The molecule has 0 saturated carbocycles. The summed E-state index contributed by atoms with van der Waals surface area (Å²) in [6.07, 6.45) is -2.46. The molecule has 0 bridgehead atoms. The molecule has 3 N–H and O–H groups in total. The third-order valence-corrected chi connectivity index (χ3v) is 4.18. The van der Waals surface area contributed by atoms with Crippen LogP contribution in [0, 0.1) is 11.3 Å². The van der Waals surface area contributed by atoms with Crippen molar-refractivity contribution in [2.75, 3.05) is 10.6 Å². The van der Waals surface area contributed by atoms with Gasteiger partial charge in [-0.2, -0.15) is 18.4 Å². The molecule has 0 radical (unpaired) electrons. The Morgan fingerprint density at radius 2 is 1.71 bits per heavy atom. The summed E-state index contributed by atoms with van der Waals surface area (Å²) in [5.74, 6) is -2.32. The van der Waals surface area contributed by atoms with Gasteiger partial charge < -0.3 is 15.7 Å². The number of nitriles is 1. The van der Waals surface area contributed by atoms with Gasteiger partial charge in [-0.3, -0.25) is 9.78 Å². The predicted molar refractivity (Wildman–Crippen MR) is 105 cm³/mol. The van der Waals surface area contributed by atoms with Crippen LogP contribution < -0.4 is 10.6 Å². The number of carbonyl (C=O) groups excluding carboxylic acids is 1. The van der Waals surface area contributed by atoms with Crippen LogP contribution in [0.4, 0.5) is 30.2 Å². The molecule has 0 aliphatic heterocycles. The number of rotatable bonds is 5. The smallest absolute Gasteiger partial charge is 0.416 e. The number of carboxylic acids is 1. The molecule has 0 spiro atoms. The fraction of sp³-hybridized carbons (Fsp3) is 0.0476. The minimum atomic E-state index is -4.66. The first-order valence-electron chi connectivity index (χ1n) is 8.66. The van der Waals surface area contributed by atoms with E-state index in [1.807, 2.05) is 6.07 Å². The summed E-state index contributed by atoms with van der Waals surface area (Å²) in [5.41, 5.74) is -0.891. The second-order valence-corrected chi connectivity index (χ2v) is 6.25. The molecule has 0 fully saturated rings. The predicted octanol–water partition coefficient (Wildman–Crippen LogP) is 4.67. The van der Waals surface area contributed by atoms with E-state index in [4.69, 9.17) is 5.26 Å². The first kappa shape index (κ1) is 21.3. The van der Waals surface area contributed by atoms with Crippen LogP contribution in [0.2, 0.25) is 0 Å². The van der Waals surface area contributed by atoms with E-state index >= 15 is 0 Å². The highest BCUT2D eigenvalue weighted by Crippen LogP contribution is 2.35. The minimum absolute atomic E-state index is 0.131. The van der Waals surface area contributed by atoms with Crippen LogP contribution in [0.3, 0.4) is 0 Å². The Hall–Kier alpha value is -4.39. The van der Waals surface area contributed by atoms with Crippen molar-refractivity contribution in [3.8, 4) is 6.07 Å². The van der Waals surface area contributed by atoms with Gasteiger partial charge in [-0.25, -0.2) is 4.79 Å². The van der Waals surface area contributed by atoms with Crippen molar-refractivity contribution in [2.45, 2.75) is 6.18 Å². The van der Waals surface area contributed by atoms with E-state index in [2.05, 4.69) is 15.6 Å². The average Bonchev–Trinajstić information content (AvgIpc) is 2.74. The van der Waals surface area contributed by atoms with Crippen LogP contribution in [0.25, 0.3) is 0 Å². The van der Waals surface area contributed by atoms with E-state index in [-0.39, 0.29) is 22.5 Å². The van der Waals surface area contributed by atoms with Crippen molar-refractivity contribution in [3.63, 3.8) is 0 Å². The molecule has 0 aliphatic carbocycles. The zero-order valence-electron chi connectivity index (χ0n) is 15.6. The Morgan fingerprint density at radius 1 is 1.00 bits per heavy atom. The van der Waals surface area contributed by atoms with E-state index in [1.54, 1.807) is 12.1 Å². The molecule has 0 atom stereocenters. The van der Waals surface area contributed by atoms with Crippen LogP contribution in [-0.2, 0) is 6.18 Å². The summed E-state index contributed by atoms with van der Waals surface area (Å²) < 4.78 is 39.6. The number of anilines is 3. The second kappa shape index (κ2) is 8.54. The Bertz CT molecular complexity index is 1190. The number of aromatic carboxylic acids is 1. The highest BCUT2D eigenvalue weighted by Gasteiger charge is 2.31. The Labute approximate surface area is 173 Å². The molecule has 3 rings (SSSR count). The second-order valence-electron chi connectivity index (χ2n) is 6.25. The van der Waals surface area contributed by atoms with Gasteiger partial charge >= 0.3 is 12.1 Å². The van der Waals surface area contributed by atoms with E-state index in [9.17, 15) is 27.9 Å². The monoisotopic (exact) mass is 426 g/mol. The van der Waals surface area contributed by atoms with E-state index in [1.165, 1.54) is 18.3 Å². The number of amides is 1. The van der Waals surface area contributed by atoms with E-state index in [0.29, 0.717) is 11.3 Å². The quantitative estimate of drug-likeness (QED) is 0.546. The summed E-state index contributed by atoms with van der Waals surface area (Å²) in [4.78, 5) is 27.7. The van der Waals surface area contributed by atoms with Gasteiger partial charge in [-0.05, 0) is 48.5 Å². The molecule has 156 valence electrons. The van der Waals surface area contributed by atoms with Crippen molar-refractivity contribution in [1.82, 2.24) is 4.98 Å². The number of alkyl halides is 3. The Kier molecular flexibility index (Phi) is 5.88. The minimum Gasteiger partial charge on any atom is -0.478 e. The van der Waals surface area contributed by atoms with Gasteiger partial charge in [0.15, 0.2) is 0 Å². The Balaban J connectivity index is 1.99. The molecule has 2 aromatic carbocycles. The number of carboxylic acid groups (broad SMARTS) is 1. The van der Waals surface area contributed by atoms with Crippen LogP contribution in [0.5, 0.6) is 0 Å². The summed E-state index contributed by atoms with van der Waals surface area (Å²) in [6.45, 7) is 0. The third-order valence-electron chi connectivity index (χ3n) is 4.18. The lowest BCUT2D eigenvalue weighted by atomic mass is 10.1. The lowest BCUT2D eigenvalue weighted by Gasteiger charge is -2.16. The van der Waals surface area contributed by atoms with Gasteiger partial charge in [0.05, 0.1) is 39.7 Å². The van der Waals surface area contributed by atoms with E-state index in [0.717, 1.165) is 30.5 Å². The van der Waals surface area contributed by atoms with Crippen LogP contribution in [-0.4, -0.2) is 22.0 Å². The number of nitrogens with one attached hydrogen (secondary N) is 2. The van der Waals surface area contributed by atoms with Crippen LogP contribution >= 0.6 is 0 Å². The van der Waals surface area contributed by atoms with Crippen molar-refractivity contribution < 1.29 is 27.9 Å². The first-order chi connectivity index (χ1) is 14.7. The molecule has 1 heterocycles. The average molecular weight is 426 g/mol. The zero-order chi connectivity index (χ0) is 22.6. The standard InChI is InChI=1S/C21H13F3N4O3/c22-21(23,24)13-3-6-17(27-14-4-1-12(10-25)2-5-14)18(9-13)28-19(29)16-11-26-8-7-15(16)20(30)31/h1-9,11,27H,(H,28,29)(H,30,31). The molecular formula is C21H13F3N4O3. The molecule has 3 aromatic rings. The van der Waals surface area contributed by atoms with E-state index < -0.39 is 23.6 Å². The highest BCUT2D eigenvalue weighted by atomic mass is 19.4. The van der Waals surface area contributed by atoms with Gasteiger partial charge in [-0.15, -0.1) is 0 Å². The number of aromatic nitrogens is 1. The number of pyridine rings is 1. The van der Waals surface area contributed by atoms with Crippen LogP contribution in [0.1, 0.15) is 31.8 Å². The maximum absolute atomic E-state index is 13.2. The van der Waals surface area contributed by atoms with Crippen molar-refractivity contribution >= 4 is 28.9 Å². The number of halogens is 3. The highest BCUT2D eigenvalue weighted by molar-refractivity contribution is 6.11. The third kappa shape index (κ3) is 4.97. The van der Waals surface area contributed by atoms with Crippen molar-refractivity contribution in [1.29, 1.82) is 5.26 Å². The number of hydrogen-bond donors (Lipinski definition) is 3. The molecular weight excluding hydrogens is 413 g/mol. The fourth-order valence-electron chi connectivity index (χ4n) is 2.67. The number of hydrogen-bond acceptors (Lipinski definition) is 5. The van der Waals surface area contributed by atoms with Gasteiger partial charge in [-0.1, -0.05) is 0 Å². The number of carbonyl (C=O) groups is 2. The van der Waals surface area contributed by atoms with Gasteiger partial charge in [0.1, 0.15) is 0 Å². The van der Waals surface area contributed by atoms with Crippen molar-refractivity contribution in [3.05, 3.63) is 83.2 Å². The van der Waals surface area contributed by atoms with Gasteiger partial charge in [0.2, 0.25) is 0 Å². The molecule has 1 amide bonds. The first-order valence-corrected chi connectivity index (χ1v) is 8.66. The topological polar surface area (TPSA) is 115 Å². The van der Waals surface area contributed by atoms with Crippen molar-refractivity contribution in [2.24, 2.45) is 0 Å². The summed E-state index contributed by atoms with van der Waals surface area (Å²) in [7, 11) is 0.